The molecule has 2 heterocycles. The van der Waals surface area contributed by atoms with Gasteiger partial charge in [-0.15, -0.1) is 0 Å². The first-order valence-electron chi connectivity index (χ1n) is 16.3. The van der Waals surface area contributed by atoms with Crippen molar-refractivity contribution >= 4 is 11.5 Å². The number of ether oxygens (including phenoxy) is 1. The largest absolute Gasteiger partial charge is 0.496 e. The van der Waals surface area contributed by atoms with Crippen molar-refractivity contribution in [3.8, 4) is 5.75 Å². The van der Waals surface area contributed by atoms with Crippen LogP contribution < -0.4 is 15.4 Å². The highest BCUT2D eigenvalue weighted by Gasteiger charge is 2.41. The highest BCUT2D eigenvalue weighted by Crippen LogP contribution is 2.37. The van der Waals surface area contributed by atoms with Gasteiger partial charge in [0.05, 0.1) is 13.2 Å². The van der Waals surface area contributed by atoms with Crippen molar-refractivity contribution in [2.45, 2.75) is 77.7 Å². The van der Waals surface area contributed by atoms with E-state index in [1.54, 1.807) is 7.11 Å². The van der Waals surface area contributed by atoms with Crippen LogP contribution in [0.5, 0.6) is 5.75 Å². The molecule has 0 spiro atoms. The van der Waals surface area contributed by atoms with Gasteiger partial charge in [-0.2, -0.15) is 0 Å². The quantitative estimate of drug-likeness (QED) is 0.305. The molecular formula is C38H48N4O2. The summed E-state index contributed by atoms with van der Waals surface area (Å²) >= 11 is 0. The lowest BCUT2D eigenvalue weighted by atomic mass is 9.83. The second kappa shape index (κ2) is 13.3. The zero-order valence-electron chi connectivity index (χ0n) is 27.1. The lowest BCUT2D eigenvalue weighted by molar-refractivity contribution is -0.128. The number of piperazine rings is 1. The lowest BCUT2D eigenvalue weighted by Gasteiger charge is -2.41. The first kappa shape index (κ1) is 30.6. The predicted molar refractivity (Wildman–Crippen MR) is 179 cm³/mol. The van der Waals surface area contributed by atoms with E-state index in [9.17, 15) is 4.79 Å². The fraction of sp³-hybridized carbons (Fsp3) is 0.447. The number of amides is 1. The summed E-state index contributed by atoms with van der Waals surface area (Å²) in [5, 5.41) is 7.34. The molecule has 6 rings (SSSR count). The summed E-state index contributed by atoms with van der Waals surface area (Å²) in [5.74, 6) is 1.06. The number of hydrogen-bond donors (Lipinski definition) is 2. The van der Waals surface area contributed by atoms with Gasteiger partial charge in [0.15, 0.2) is 0 Å². The summed E-state index contributed by atoms with van der Waals surface area (Å²) < 4.78 is 5.59. The minimum atomic E-state index is 0.0240. The Morgan fingerprint density at radius 2 is 1.66 bits per heavy atom. The van der Waals surface area contributed by atoms with Crippen LogP contribution in [0.1, 0.15) is 58.2 Å². The molecule has 0 aromatic heterocycles. The van der Waals surface area contributed by atoms with E-state index in [0.29, 0.717) is 18.6 Å². The topological polar surface area (TPSA) is 56.8 Å². The average molecular weight is 593 g/mol. The van der Waals surface area contributed by atoms with Gasteiger partial charge in [-0.05, 0) is 104 Å². The maximum absolute atomic E-state index is 14.5. The van der Waals surface area contributed by atoms with Gasteiger partial charge >= 0.3 is 0 Å². The zero-order chi connectivity index (χ0) is 30.8. The minimum Gasteiger partial charge on any atom is -0.496 e. The Kier molecular flexibility index (Phi) is 9.22. The summed E-state index contributed by atoms with van der Waals surface area (Å²) in [6.45, 7) is 10.8. The number of carbonyl (C=O) groups is 1. The van der Waals surface area contributed by atoms with E-state index in [1.165, 1.54) is 33.4 Å². The molecule has 1 saturated heterocycles. The van der Waals surface area contributed by atoms with E-state index < -0.39 is 0 Å². The molecule has 0 radical (unpaired) electrons. The summed E-state index contributed by atoms with van der Waals surface area (Å²) in [7, 11) is 3.92. The molecule has 1 aliphatic carbocycles. The Hall–Kier alpha value is -3.45. The van der Waals surface area contributed by atoms with Crippen molar-refractivity contribution in [3.63, 3.8) is 0 Å². The van der Waals surface area contributed by atoms with E-state index in [1.807, 2.05) is 12.1 Å². The third kappa shape index (κ3) is 6.63. The number of benzene rings is 3. The van der Waals surface area contributed by atoms with E-state index in [2.05, 4.69) is 96.8 Å². The summed E-state index contributed by atoms with van der Waals surface area (Å²) in [6, 6.07) is 22.4. The van der Waals surface area contributed by atoms with Gasteiger partial charge in [0.1, 0.15) is 5.75 Å². The second-order valence-electron chi connectivity index (χ2n) is 13.1. The van der Waals surface area contributed by atoms with Crippen LogP contribution in [0, 0.1) is 20.8 Å². The van der Waals surface area contributed by atoms with Gasteiger partial charge in [-0.3, -0.25) is 4.79 Å². The molecule has 2 N–H and O–H groups in total. The molecule has 3 aromatic rings. The molecule has 1 amide bonds. The predicted octanol–water partition coefficient (Wildman–Crippen LogP) is 5.57. The lowest BCUT2D eigenvalue weighted by Crippen LogP contribution is -2.60. The molecule has 1 saturated carbocycles. The number of methoxy groups -OCH3 is 1. The average Bonchev–Trinajstić information content (AvgIpc) is 3.87. The number of rotatable bonds is 11. The number of carbonyl (C=O) groups excluding carboxylic acids is 1. The van der Waals surface area contributed by atoms with Crippen molar-refractivity contribution < 1.29 is 9.53 Å². The summed E-state index contributed by atoms with van der Waals surface area (Å²) in [6.07, 6.45) is 4.00. The van der Waals surface area contributed by atoms with Crippen molar-refractivity contribution in [2.75, 3.05) is 33.8 Å². The van der Waals surface area contributed by atoms with E-state index in [4.69, 9.17) is 4.74 Å². The van der Waals surface area contributed by atoms with E-state index >= 15 is 0 Å². The maximum Gasteiger partial charge on any atom is 0.252 e. The molecule has 1 unspecified atom stereocenters. The maximum atomic E-state index is 14.5. The zero-order valence-corrected chi connectivity index (χ0v) is 27.1. The van der Waals surface area contributed by atoms with Crippen LogP contribution in [0.2, 0.25) is 0 Å². The fourth-order valence-corrected chi connectivity index (χ4v) is 7.02. The minimum absolute atomic E-state index is 0.0240. The van der Waals surface area contributed by atoms with Gasteiger partial charge in [0.25, 0.3) is 5.91 Å². The smallest absolute Gasteiger partial charge is 0.252 e. The Balaban J connectivity index is 1.22. The number of likely N-dealkylation sites (N-methyl/N-ethyl adjacent to an activating group) is 1. The van der Waals surface area contributed by atoms with E-state index in [-0.39, 0.29) is 11.9 Å². The molecule has 2 aliphatic heterocycles. The van der Waals surface area contributed by atoms with Crippen molar-refractivity contribution in [1.82, 2.24) is 20.4 Å². The SMILES string of the molecule is COc1cccc(CN(C(=O)C2=C(c3ccc(CCN(C)Cc4c(C)cccc4C)cc3)CC3CNC[C@H]2N3)C2CC2)c1C. The second-order valence-corrected chi connectivity index (χ2v) is 13.1. The molecule has 232 valence electrons. The normalized spacial score (nSPS) is 19.8. The van der Waals surface area contributed by atoms with Gasteiger partial charge in [0, 0.05) is 50.4 Å². The van der Waals surface area contributed by atoms with Crippen LogP contribution >= 0.6 is 0 Å². The third-order valence-electron chi connectivity index (χ3n) is 9.89. The van der Waals surface area contributed by atoms with Crippen molar-refractivity contribution in [2.24, 2.45) is 0 Å². The number of aryl methyl sites for hydroxylation is 2. The van der Waals surface area contributed by atoms with Crippen LogP contribution in [0.25, 0.3) is 5.57 Å². The molecule has 6 nitrogen and oxygen atoms in total. The fourth-order valence-electron chi connectivity index (χ4n) is 7.02. The first-order chi connectivity index (χ1) is 21.3. The third-order valence-corrected chi connectivity index (χ3v) is 9.89. The Labute approximate surface area is 263 Å². The highest BCUT2D eigenvalue weighted by atomic mass is 16.5. The number of fused-ring (bicyclic) bond motifs is 2. The molecular weight excluding hydrogens is 544 g/mol. The van der Waals surface area contributed by atoms with Crippen LogP contribution in [-0.2, 0) is 24.3 Å². The van der Waals surface area contributed by atoms with Gasteiger partial charge in [-0.25, -0.2) is 0 Å². The molecule has 44 heavy (non-hydrogen) atoms. The van der Waals surface area contributed by atoms with Gasteiger partial charge in [-0.1, -0.05) is 54.6 Å². The number of nitrogens with zero attached hydrogens (tertiary/aromatic N) is 2. The van der Waals surface area contributed by atoms with Crippen molar-refractivity contribution in [1.29, 1.82) is 0 Å². The number of nitrogens with one attached hydrogen (secondary N) is 2. The van der Waals surface area contributed by atoms with Crippen LogP contribution in [0.15, 0.2) is 66.2 Å². The van der Waals surface area contributed by atoms with Gasteiger partial charge < -0.3 is 25.2 Å². The molecule has 2 fully saturated rings. The van der Waals surface area contributed by atoms with Gasteiger partial charge in [0.2, 0.25) is 0 Å². The molecule has 3 aliphatic rings. The standard InChI is InChI=1S/C38H48N4O2/c1-25-8-6-9-26(2)34(25)24-41(4)19-18-28-12-14-29(15-13-28)33-20-31-21-39-22-35(40-31)37(33)38(43)42(32-16-17-32)23-30-10-7-11-36(44-5)27(30)3/h6-15,31-32,35,39-40H,16-24H2,1-5H3/t31?,35-/m1/s1. The monoisotopic (exact) mass is 592 g/mol. The van der Waals surface area contributed by atoms with Crippen molar-refractivity contribution in [3.05, 3.63) is 105 Å². The first-order valence-corrected chi connectivity index (χ1v) is 16.3. The molecule has 2 bridgehead atoms. The Morgan fingerprint density at radius 3 is 2.36 bits per heavy atom. The molecule has 2 atom stereocenters. The summed E-state index contributed by atoms with van der Waals surface area (Å²) in [5.41, 5.74) is 11.1. The Morgan fingerprint density at radius 1 is 0.932 bits per heavy atom. The van der Waals surface area contributed by atoms with Crippen LogP contribution in [0.3, 0.4) is 0 Å². The Bertz CT molecular complexity index is 1500. The molecule has 3 aromatic carbocycles. The number of hydrogen-bond acceptors (Lipinski definition) is 5. The molecule has 6 heteroatoms. The summed E-state index contributed by atoms with van der Waals surface area (Å²) in [4.78, 5) is 19.1. The van der Waals surface area contributed by atoms with Crippen LogP contribution in [-0.4, -0.2) is 67.6 Å². The highest BCUT2D eigenvalue weighted by molar-refractivity contribution is 6.03. The van der Waals surface area contributed by atoms with Crippen LogP contribution in [0.4, 0.5) is 0 Å². The van der Waals surface area contributed by atoms with E-state index in [0.717, 1.165) is 74.3 Å².